The highest BCUT2D eigenvalue weighted by Crippen LogP contribution is 2.63. The minimum Gasteiger partial charge on any atom is -0.195 e. The van der Waals surface area contributed by atoms with Crippen molar-refractivity contribution < 1.29 is 43.9 Å². The fraction of sp³-hybridized carbons (Fsp3) is 0.294. The Hall–Kier alpha value is -2.26. The molecule has 0 aliphatic rings. The number of alkyl halides is 10. The largest absolute Gasteiger partial charge is 0.454 e. The van der Waals surface area contributed by atoms with Gasteiger partial charge in [0.05, 0.1) is 0 Å². The summed E-state index contributed by atoms with van der Waals surface area (Å²) in [6, 6.07) is 6.88. The monoisotopic (exact) mass is 404 g/mol. The normalized spacial score (nSPS) is 14.3. The molecule has 2 rings (SSSR count). The Morgan fingerprint density at radius 3 is 0.889 bits per heavy atom. The zero-order chi connectivity index (χ0) is 20.7. The van der Waals surface area contributed by atoms with Crippen molar-refractivity contribution in [2.75, 3.05) is 0 Å². The fourth-order valence-electron chi connectivity index (χ4n) is 2.89. The van der Waals surface area contributed by atoms with Crippen LogP contribution in [0.15, 0.2) is 60.7 Å². The van der Waals surface area contributed by atoms with Crippen molar-refractivity contribution in [1.29, 1.82) is 0 Å². The third-order valence-corrected chi connectivity index (χ3v) is 4.07. The van der Waals surface area contributed by atoms with Gasteiger partial charge in [-0.3, -0.25) is 0 Å². The molecule has 0 aliphatic heterocycles. The van der Waals surface area contributed by atoms with Crippen molar-refractivity contribution in [3.05, 3.63) is 71.8 Å². The van der Waals surface area contributed by atoms with E-state index >= 15 is 0 Å². The molecule has 0 fully saturated rings. The van der Waals surface area contributed by atoms with E-state index in [1.807, 2.05) is 0 Å². The molecular weight excluding hydrogens is 394 g/mol. The molecule has 27 heavy (non-hydrogen) atoms. The van der Waals surface area contributed by atoms with Gasteiger partial charge >= 0.3 is 24.2 Å². The van der Waals surface area contributed by atoms with Crippen LogP contribution in [0.4, 0.5) is 43.9 Å². The van der Waals surface area contributed by atoms with Crippen molar-refractivity contribution in [2.24, 2.45) is 0 Å². The second-order valence-electron chi connectivity index (χ2n) is 5.63. The van der Waals surface area contributed by atoms with Crippen molar-refractivity contribution >= 4 is 0 Å². The lowest BCUT2D eigenvalue weighted by atomic mass is 9.64. The van der Waals surface area contributed by atoms with Gasteiger partial charge in [0.15, 0.2) is 5.41 Å². The Balaban J connectivity index is 3.10. The highest BCUT2D eigenvalue weighted by atomic mass is 19.4. The van der Waals surface area contributed by atoms with E-state index < -0.39 is 40.7 Å². The van der Waals surface area contributed by atoms with E-state index in [0.29, 0.717) is 24.3 Å². The topological polar surface area (TPSA) is 0 Å². The first-order chi connectivity index (χ1) is 12.2. The maximum atomic E-state index is 14.5. The van der Waals surface area contributed by atoms with Crippen LogP contribution >= 0.6 is 0 Å². The molecule has 0 aliphatic carbocycles. The van der Waals surface area contributed by atoms with E-state index in [0.717, 1.165) is 36.4 Å². The number of benzene rings is 2. The van der Waals surface area contributed by atoms with Gasteiger partial charge in [-0.05, 0) is 11.1 Å². The molecule has 0 spiro atoms. The summed E-state index contributed by atoms with van der Waals surface area (Å²) in [5, 5.41) is 0. The van der Waals surface area contributed by atoms with Gasteiger partial charge in [-0.2, -0.15) is 43.9 Å². The Bertz CT molecular complexity index is 692. The first kappa shape index (κ1) is 21.0. The number of rotatable bonds is 4. The molecule has 0 unspecified atom stereocenters. The van der Waals surface area contributed by atoms with Gasteiger partial charge in [-0.1, -0.05) is 60.7 Å². The van der Waals surface area contributed by atoms with Gasteiger partial charge in [0.1, 0.15) is 0 Å². The summed E-state index contributed by atoms with van der Waals surface area (Å²) in [5.74, 6) is -12.9. The minimum atomic E-state index is -6.70. The molecular formula is C17H10F10. The Morgan fingerprint density at radius 2 is 0.667 bits per heavy atom. The highest BCUT2D eigenvalue weighted by Gasteiger charge is 2.85. The predicted molar refractivity (Wildman–Crippen MR) is 75.7 cm³/mol. The summed E-state index contributed by atoms with van der Waals surface area (Å²) >= 11 is 0. The number of hydrogen-bond donors (Lipinski definition) is 0. The first-order valence-corrected chi connectivity index (χ1v) is 7.21. The minimum absolute atomic E-state index is 0.381. The highest BCUT2D eigenvalue weighted by molar-refractivity contribution is 5.47. The van der Waals surface area contributed by atoms with Crippen molar-refractivity contribution in [3.8, 4) is 0 Å². The van der Waals surface area contributed by atoms with Crippen molar-refractivity contribution in [2.45, 2.75) is 29.6 Å². The standard InChI is InChI=1S/C17H10F10/c18-14(19,16(22,23)24)13(11-7-3-1-4-8-11,12-9-5-2-6-10-12)15(20,21)17(25,26)27/h1-10H. The smallest absolute Gasteiger partial charge is 0.195 e. The van der Waals surface area contributed by atoms with Gasteiger partial charge in [-0.15, -0.1) is 0 Å². The van der Waals surface area contributed by atoms with Gasteiger partial charge in [0, 0.05) is 0 Å². The summed E-state index contributed by atoms with van der Waals surface area (Å²) in [7, 11) is 0. The molecule has 0 nitrogen and oxygen atoms in total. The van der Waals surface area contributed by atoms with Crippen LogP contribution in [0.2, 0.25) is 0 Å². The van der Waals surface area contributed by atoms with Crippen LogP contribution in [0.1, 0.15) is 11.1 Å². The van der Waals surface area contributed by atoms with Crippen molar-refractivity contribution in [3.63, 3.8) is 0 Å². The molecule has 0 bridgehead atoms. The lowest BCUT2D eigenvalue weighted by Crippen LogP contribution is -2.68. The molecule has 0 amide bonds. The maximum Gasteiger partial charge on any atom is 0.454 e. The molecule has 0 saturated heterocycles. The van der Waals surface area contributed by atoms with Gasteiger partial charge < -0.3 is 0 Å². The van der Waals surface area contributed by atoms with E-state index in [4.69, 9.17) is 0 Å². The van der Waals surface area contributed by atoms with Crippen LogP contribution in [0.5, 0.6) is 0 Å². The average Bonchev–Trinajstić information content (AvgIpc) is 2.55. The SMILES string of the molecule is FC(F)(F)C(F)(F)C(c1ccccc1)(c1ccccc1)C(F)(F)C(F)(F)F. The molecule has 148 valence electrons. The lowest BCUT2D eigenvalue weighted by molar-refractivity contribution is -0.375. The van der Waals surface area contributed by atoms with Gasteiger partial charge in [-0.25, -0.2) is 0 Å². The van der Waals surface area contributed by atoms with E-state index in [1.54, 1.807) is 0 Å². The van der Waals surface area contributed by atoms with E-state index in [2.05, 4.69) is 0 Å². The second-order valence-corrected chi connectivity index (χ2v) is 5.63. The van der Waals surface area contributed by atoms with Crippen molar-refractivity contribution in [1.82, 2.24) is 0 Å². The van der Waals surface area contributed by atoms with Crippen LogP contribution in [0.25, 0.3) is 0 Å². The summed E-state index contributed by atoms with van der Waals surface area (Å²) in [6.45, 7) is 0. The lowest BCUT2D eigenvalue weighted by Gasteiger charge is -2.46. The van der Waals surface area contributed by atoms with Crippen LogP contribution in [-0.2, 0) is 5.41 Å². The van der Waals surface area contributed by atoms with Crippen LogP contribution in [-0.4, -0.2) is 24.2 Å². The van der Waals surface area contributed by atoms with E-state index in [1.165, 1.54) is 0 Å². The van der Waals surface area contributed by atoms with Crippen LogP contribution in [0.3, 0.4) is 0 Å². The molecule has 0 aromatic heterocycles. The molecule has 0 N–H and O–H groups in total. The summed E-state index contributed by atoms with van der Waals surface area (Å²) in [4.78, 5) is 0. The summed E-state index contributed by atoms with van der Waals surface area (Å²) < 4.78 is 137. The molecule has 0 atom stereocenters. The van der Waals surface area contributed by atoms with Crippen LogP contribution in [0, 0.1) is 0 Å². The quantitative estimate of drug-likeness (QED) is 0.520. The molecule has 2 aromatic carbocycles. The molecule has 0 heterocycles. The van der Waals surface area contributed by atoms with Crippen LogP contribution < -0.4 is 0 Å². The summed E-state index contributed by atoms with van der Waals surface area (Å²) in [5.41, 5.74) is -8.12. The molecule has 2 aromatic rings. The fourth-order valence-corrected chi connectivity index (χ4v) is 2.89. The zero-order valence-corrected chi connectivity index (χ0v) is 13.1. The molecule has 0 radical (unpaired) electrons. The Labute approximate surface area is 146 Å². The molecule has 10 heteroatoms. The average molecular weight is 404 g/mol. The Morgan fingerprint density at radius 1 is 0.407 bits per heavy atom. The molecule has 0 saturated carbocycles. The number of halogens is 10. The first-order valence-electron chi connectivity index (χ1n) is 7.21. The maximum absolute atomic E-state index is 14.5. The van der Waals surface area contributed by atoms with E-state index in [9.17, 15) is 43.9 Å². The zero-order valence-electron chi connectivity index (χ0n) is 13.1. The third-order valence-electron chi connectivity index (χ3n) is 4.07. The summed E-state index contributed by atoms with van der Waals surface area (Å²) in [6.07, 6.45) is -13.4. The Kier molecular flexibility index (Phi) is 5.00. The van der Waals surface area contributed by atoms with Gasteiger partial charge in [0.2, 0.25) is 0 Å². The van der Waals surface area contributed by atoms with Gasteiger partial charge in [0.25, 0.3) is 0 Å². The predicted octanol–water partition coefficient (Wildman–Crippen LogP) is 6.37. The van der Waals surface area contributed by atoms with E-state index in [-0.39, 0.29) is 0 Å². The second kappa shape index (κ2) is 6.42. The number of hydrogen-bond acceptors (Lipinski definition) is 0. The third kappa shape index (κ3) is 2.94.